The number of halogens is 5. The summed E-state index contributed by atoms with van der Waals surface area (Å²) < 4.78 is 79.5. The molecular formula is C40H35F5O. The lowest BCUT2D eigenvalue weighted by atomic mass is 9.96. The number of alkyl halides is 2. The molecule has 0 fully saturated rings. The quantitative estimate of drug-likeness (QED) is 0.0718. The first-order valence-corrected chi connectivity index (χ1v) is 15.4. The second-order valence-corrected chi connectivity index (χ2v) is 11.3. The van der Waals surface area contributed by atoms with Gasteiger partial charge in [0.05, 0.1) is 5.56 Å². The number of aryl methyl sites for hydroxylation is 2. The Morgan fingerprint density at radius 1 is 0.630 bits per heavy atom. The molecule has 0 bridgehead atoms. The van der Waals surface area contributed by atoms with E-state index in [1.54, 1.807) is 18.2 Å². The number of benzene rings is 5. The summed E-state index contributed by atoms with van der Waals surface area (Å²) in [6.07, 6.45) is 3.37. The smallest absolute Gasteiger partial charge is 0.426 e. The summed E-state index contributed by atoms with van der Waals surface area (Å²) in [5.41, 5.74) is 3.92. The van der Waals surface area contributed by atoms with E-state index in [0.717, 1.165) is 42.2 Å². The van der Waals surface area contributed by atoms with Crippen LogP contribution in [0, 0.1) is 17.5 Å². The van der Waals surface area contributed by atoms with Gasteiger partial charge in [0.2, 0.25) is 0 Å². The van der Waals surface area contributed by atoms with Crippen LogP contribution in [-0.2, 0) is 19.0 Å². The van der Waals surface area contributed by atoms with Crippen LogP contribution < -0.4 is 4.74 Å². The Kier molecular flexibility index (Phi) is 10.4. The van der Waals surface area contributed by atoms with Crippen LogP contribution in [0.5, 0.6) is 5.75 Å². The minimum atomic E-state index is -3.75. The highest BCUT2D eigenvalue weighted by Crippen LogP contribution is 2.35. The third-order valence-electron chi connectivity index (χ3n) is 8.03. The number of unbranched alkanes of at least 4 members (excludes halogenated alkanes) is 2. The topological polar surface area (TPSA) is 9.23 Å². The number of allylic oxidation sites excluding steroid dienone is 1. The summed E-state index contributed by atoms with van der Waals surface area (Å²) in [6.45, 7) is 5.77. The van der Waals surface area contributed by atoms with E-state index in [0.29, 0.717) is 29.5 Å². The Balaban J connectivity index is 1.28. The largest absolute Gasteiger partial charge is 0.429 e. The van der Waals surface area contributed by atoms with E-state index >= 15 is 8.78 Å². The molecule has 1 nitrogen and oxygen atoms in total. The summed E-state index contributed by atoms with van der Waals surface area (Å²) in [7, 11) is 0. The van der Waals surface area contributed by atoms with Crippen molar-refractivity contribution in [3.63, 3.8) is 0 Å². The SMILES string of the molecule is C=CCCc1ccc(OC(F)(F)c2ccc(-c3ccc(-c4ccc(-c5ccc(CCCCC)cc5)cc4F)cc3F)cc2)cc1F. The lowest BCUT2D eigenvalue weighted by Crippen LogP contribution is -2.21. The predicted molar refractivity (Wildman–Crippen MR) is 175 cm³/mol. The van der Waals surface area contributed by atoms with E-state index in [2.05, 4.69) is 25.6 Å². The fourth-order valence-corrected chi connectivity index (χ4v) is 5.39. The zero-order chi connectivity index (χ0) is 32.7. The Bertz CT molecular complexity index is 1790. The van der Waals surface area contributed by atoms with E-state index in [9.17, 15) is 13.2 Å². The molecule has 0 amide bonds. The molecule has 0 N–H and O–H groups in total. The number of rotatable bonds is 13. The predicted octanol–water partition coefficient (Wildman–Crippen LogP) is 12.1. The number of hydrogen-bond donors (Lipinski definition) is 0. The minimum Gasteiger partial charge on any atom is -0.429 e. The van der Waals surface area contributed by atoms with Crippen molar-refractivity contribution in [2.24, 2.45) is 0 Å². The van der Waals surface area contributed by atoms with Gasteiger partial charge in [0.25, 0.3) is 0 Å². The maximum atomic E-state index is 15.3. The molecule has 0 heterocycles. The van der Waals surface area contributed by atoms with Gasteiger partial charge in [-0.05, 0) is 89.4 Å². The first kappa shape index (κ1) is 32.7. The number of ether oxygens (including phenoxy) is 1. The highest BCUT2D eigenvalue weighted by molar-refractivity contribution is 5.74. The van der Waals surface area contributed by atoms with E-state index in [1.165, 1.54) is 60.9 Å². The van der Waals surface area contributed by atoms with Crippen LogP contribution in [-0.4, -0.2) is 0 Å². The highest BCUT2D eigenvalue weighted by Gasteiger charge is 2.34. The van der Waals surface area contributed by atoms with Crippen LogP contribution in [0.4, 0.5) is 22.0 Å². The third kappa shape index (κ3) is 7.74. The van der Waals surface area contributed by atoms with E-state index in [1.807, 2.05) is 18.2 Å². The minimum absolute atomic E-state index is 0.174. The van der Waals surface area contributed by atoms with Gasteiger partial charge in [-0.25, -0.2) is 13.2 Å². The molecule has 6 heteroatoms. The zero-order valence-corrected chi connectivity index (χ0v) is 25.6. The van der Waals surface area contributed by atoms with E-state index < -0.39 is 29.1 Å². The third-order valence-corrected chi connectivity index (χ3v) is 8.03. The molecule has 0 spiro atoms. The van der Waals surface area contributed by atoms with Crippen LogP contribution >= 0.6 is 0 Å². The molecule has 0 radical (unpaired) electrons. The van der Waals surface area contributed by atoms with Crippen molar-refractivity contribution >= 4 is 0 Å². The first-order valence-electron chi connectivity index (χ1n) is 15.4. The van der Waals surface area contributed by atoms with Gasteiger partial charge >= 0.3 is 6.11 Å². The van der Waals surface area contributed by atoms with Crippen molar-refractivity contribution < 1.29 is 26.7 Å². The maximum Gasteiger partial charge on any atom is 0.426 e. The molecule has 0 aromatic heterocycles. The van der Waals surface area contributed by atoms with Gasteiger partial charge in [-0.2, -0.15) is 8.78 Å². The molecule has 0 aliphatic rings. The molecule has 0 saturated heterocycles. The standard InChI is InChI=1S/C40H35F5O/c1-3-5-7-8-27-10-12-28(13-11-27)31-17-22-36(38(42)24-31)32-18-23-35(39(43)25-32)29-14-19-33(20-15-29)40(44,45)46-34-21-16-30(9-6-4-2)37(41)26-34/h4,10-26H,2-3,5-9H2,1H3. The van der Waals surface area contributed by atoms with Crippen molar-refractivity contribution in [1.82, 2.24) is 0 Å². The van der Waals surface area contributed by atoms with Crippen molar-refractivity contribution in [3.8, 4) is 39.1 Å². The van der Waals surface area contributed by atoms with Gasteiger partial charge in [-0.1, -0.05) is 92.6 Å². The van der Waals surface area contributed by atoms with Gasteiger partial charge in [-0.15, -0.1) is 6.58 Å². The van der Waals surface area contributed by atoms with Crippen LogP contribution in [0.3, 0.4) is 0 Å². The Morgan fingerprint density at radius 3 is 1.87 bits per heavy atom. The van der Waals surface area contributed by atoms with Crippen molar-refractivity contribution in [2.45, 2.75) is 51.6 Å². The fourth-order valence-electron chi connectivity index (χ4n) is 5.39. The van der Waals surface area contributed by atoms with E-state index in [-0.39, 0.29) is 16.9 Å². The Hall–Kier alpha value is -4.71. The molecule has 0 aliphatic heterocycles. The van der Waals surface area contributed by atoms with Crippen molar-refractivity contribution in [3.05, 3.63) is 150 Å². The average Bonchev–Trinajstić information content (AvgIpc) is 3.05. The Morgan fingerprint density at radius 2 is 1.24 bits per heavy atom. The lowest BCUT2D eigenvalue weighted by Gasteiger charge is -2.19. The van der Waals surface area contributed by atoms with Gasteiger partial charge in [0.1, 0.15) is 23.2 Å². The maximum absolute atomic E-state index is 15.3. The van der Waals surface area contributed by atoms with Gasteiger partial charge in [0, 0.05) is 17.2 Å². The van der Waals surface area contributed by atoms with Gasteiger partial charge in [0.15, 0.2) is 0 Å². The molecule has 0 unspecified atom stereocenters. The summed E-state index contributed by atoms with van der Waals surface area (Å²) in [5, 5.41) is 0. The normalized spacial score (nSPS) is 11.4. The summed E-state index contributed by atoms with van der Waals surface area (Å²) in [4.78, 5) is 0. The first-order chi connectivity index (χ1) is 22.2. The summed E-state index contributed by atoms with van der Waals surface area (Å²) in [6, 6.07) is 25.9. The molecule has 236 valence electrons. The molecule has 5 aromatic rings. The molecule has 0 aliphatic carbocycles. The van der Waals surface area contributed by atoms with Gasteiger partial charge < -0.3 is 4.74 Å². The van der Waals surface area contributed by atoms with Gasteiger partial charge in [-0.3, -0.25) is 0 Å². The van der Waals surface area contributed by atoms with Crippen molar-refractivity contribution in [2.75, 3.05) is 0 Å². The Labute approximate surface area is 267 Å². The van der Waals surface area contributed by atoms with Crippen LogP contribution in [0.15, 0.2) is 116 Å². The summed E-state index contributed by atoms with van der Waals surface area (Å²) in [5.74, 6) is -2.05. The van der Waals surface area contributed by atoms with Crippen LogP contribution in [0.2, 0.25) is 0 Å². The molecule has 46 heavy (non-hydrogen) atoms. The second-order valence-electron chi connectivity index (χ2n) is 11.3. The monoisotopic (exact) mass is 626 g/mol. The molecule has 0 saturated carbocycles. The molecular weight excluding hydrogens is 591 g/mol. The average molecular weight is 627 g/mol. The zero-order valence-electron chi connectivity index (χ0n) is 25.6. The lowest BCUT2D eigenvalue weighted by molar-refractivity contribution is -0.185. The summed E-state index contributed by atoms with van der Waals surface area (Å²) >= 11 is 0. The second kappa shape index (κ2) is 14.6. The number of hydrogen-bond acceptors (Lipinski definition) is 1. The molecule has 5 aromatic carbocycles. The van der Waals surface area contributed by atoms with Crippen LogP contribution in [0.1, 0.15) is 49.3 Å². The van der Waals surface area contributed by atoms with Crippen molar-refractivity contribution in [1.29, 1.82) is 0 Å². The molecule has 0 atom stereocenters. The molecule has 5 rings (SSSR count). The highest BCUT2D eigenvalue weighted by atomic mass is 19.3. The van der Waals surface area contributed by atoms with Crippen LogP contribution in [0.25, 0.3) is 33.4 Å². The fraction of sp³-hybridized carbons (Fsp3) is 0.200. The van der Waals surface area contributed by atoms with E-state index in [4.69, 9.17) is 4.74 Å².